The molecule has 0 saturated heterocycles. The minimum Gasteiger partial charge on any atom is -0.348 e. The van der Waals surface area contributed by atoms with E-state index in [0.717, 1.165) is 22.2 Å². The number of amides is 1. The van der Waals surface area contributed by atoms with Gasteiger partial charge in [-0.15, -0.1) is 11.8 Å². The number of thioether (sulfide) groups is 1. The molecule has 0 radical (unpaired) electrons. The van der Waals surface area contributed by atoms with Crippen molar-refractivity contribution in [3.63, 3.8) is 0 Å². The number of para-hydroxylation sites is 2. The van der Waals surface area contributed by atoms with Gasteiger partial charge in [-0.3, -0.25) is 4.79 Å². The molecule has 2 N–H and O–H groups in total. The molecule has 5 heteroatoms. The molecular weight excluding hydrogens is 378 g/mol. The van der Waals surface area contributed by atoms with Gasteiger partial charge in [0.05, 0.1) is 16.6 Å². The Morgan fingerprint density at radius 1 is 1.00 bits per heavy atom. The lowest BCUT2D eigenvalue weighted by Gasteiger charge is -2.08. The number of hydrogen-bond acceptors (Lipinski definition) is 3. The van der Waals surface area contributed by atoms with Crippen LogP contribution in [-0.4, -0.2) is 22.1 Å². The van der Waals surface area contributed by atoms with Crippen LogP contribution in [0.3, 0.4) is 0 Å². The van der Waals surface area contributed by atoms with Crippen LogP contribution in [0.2, 0.25) is 0 Å². The van der Waals surface area contributed by atoms with Crippen LogP contribution in [0.15, 0.2) is 83.8 Å². The van der Waals surface area contributed by atoms with Crippen molar-refractivity contribution in [2.24, 2.45) is 0 Å². The molecule has 1 aromatic heterocycles. The maximum absolute atomic E-state index is 13.1. The van der Waals surface area contributed by atoms with E-state index in [1.807, 2.05) is 79.1 Å². The van der Waals surface area contributed by atoms with E-state index in [0.29, 0.717) is 17.9 Å². The van der Waals surface area contributed by atoms with Gasteiger partial charge in [-0.25, -0.2) is 4.98 Å². The number of aromatic amines is 1. The van der Waals surface area contributed by atoms with Crippen molar-refractivity contribution in [1.82, 2.24) is 15.3 Å². The quantitative estimate of drug-likeness (QED) is 0.349. The van der Waals surface area contributed by atoms with Crippen LogP contribution in [-0.2, 0) is 11.3 Å². The summed E-state index contributed by atoms with van der Waals surface area (Å²) in [6.45, 7) is 0.461. The van der Waals surface area contributed by atoms with E-state index < -0.39 is 0 Å². The highest BCUT2D eigenvalue weighted by molar-refractivity contribution is 7.98. The predicted molar refractivity (Wildman–Crippen MR) is 120 cm³/mol. The summed E-state index contributed by atoms with van der Waals surface area (Å²) < 4.78 is 0. The van der Waals surface area contributed by atoms with E-state index in [1.165, 1.54) is 4.90 Å². The summed E-state index contributed by atoms with van der Waals surface area (Å²) in [7, 11) is 0. The highest BCUT2D eigenvalue weighted by Crippen LogP contribution is 2.22. The summed E-state index contributed by atoms with van der Waals surface area (Å²) in [5, 5.41) is 3.01. The molecule has 3 aromatic carbocycles. The van der Waals surface area contributed by atoms with Crippen LogP contribution >= 0.6 is 11.8 Å². The van der Waals surface area contributed by atoms with Crippen molar-refractivity contribution >= 4 is 40.4 Å². The second-order valence-electron chi connectivity index (χ2n) is 6.60. The second kappa shape index (κ2) is 8.80. The van der Waals surface area contributed by atoms with Gasteiger partial charge in [0.2, 0.25) is 0 Å². The van der Waals surface area contributed by atoms with Crippen molar-refractivity contribution in [2.75, 3.05) is 6.26 Å². The van der Waals surface area contributed by atoms with E-state index >= 15 is 0 Å². The number of benzene rings is 3. The van der Waals surface area contributed by atoms with Crippen molar-refractivity contribution in [3.8, 4) is 0 Å². The topological polar surface area (TPSA) is 57.8 Å². The molecule has 0 aliphatic rings. The molecule has 0 bridgehead atoms. The molecule has 0 spiro atoms. The van der Waals surface area contributed by atoms with Crippen LogP contribution in [0.4, 0.5) is 0 Å². The first kappa shape index (κ1) is 19.0. The first-order valence-corrected chi connectivity index (χ1v) is 10.6. The Kier molecular flexibility index (Phi) is 5.77. The van der Waals surface area contributed by atoms with Gasteiger partial charge in [0, 0.05) is 11.4 Å². The van der Waals surface area contributed by atoms with E-state index in [9.17, 15) is 4.79 Å². The molecule has 4 nitrogen and oxygen atoms in total. The van der Waals surface area contributed by atoms with Gasteiger partial charge >= 0.3 is 0 Å². The first-order chi connectivity index (χ1) is 14.2. The van der Waals surface area contributed by atoms with Crippen LogP contribution in [0.1, 0.15) is 17.0 Å². The fraction of sp³-hybridized carbons (Fsp3) is 0.0833. The average Bonchev–Trinajstić information content (AvgIpc) is 3.21. The minimum atomic E-state index is -0.165. The zero-order valence-electron chi connectivity index (χ0n) is 16.1. The Labute approximate surface area is 174 Å². The van der Waals surface area contributed by atoms with Gasteiger partial charge in [-0.1, -0.05) is 54.6 Å². The van der Waals surface area contributed by atoms with Crippen LogP contribution in [0, 0.1) is 0 Å². The molecule has 4 rings (SSSR count). The van der Waals surface area contributed by atoms with Gasteiger partial charge < -0.3 is 10.3 Å². The summed E-state index contributed by atoms with van der Waals surface area (Å²) in [4.78, 5) is 22.2. The van der Waals surface area contributed by atoms with E-state index in [-0.39, 0.29) is 5.91 Å². The van der Waals surface area contributed by atoms with E-state index in [1.54, 1.807) is 11.8 Å². The zero-order chi connectivity index (χ0) is 20.1. The van der Waals surface area contributed by atoms with Gasteiger partial charge in [0.1, 0.15) is 5.82 Å². The Bertz CT molecular complexity index is 1110. The normalized spacial score (nSPS) is 11.6. The number of fused-ring (bicyclic) bond motifs is 1. The highest BCUT2D eigenvalue weighted by Gasteiger charge is 2.16. The van der Waals surface area contributed by atoms with Crippen molar-refractivity contribution in [1.29, 1.82) is 0 Å². The minimum absolute atomic E-state index is 0.165. The molecule has 0 saturated carbocycles. The van der Waals surface area contributed by atoms with Gasteiger partial charge in [-0.05, 0) is 47.7 Å². The number of rotatable bonds is 6. The smallest absolute Gasteiger partial charge is 0.255 e. The average molecular weight is 400 g/mol. The Hall–Kier alpha value is -3.31. The molecule has 144 valence electrons. The van der Waals surface area contributed by atoms with Crippen LogP contribution in [0.5, 0.6) is 0 Å². The number of nitrogens with zero attached hydrogens (tertiary/aromatic N) is 1. The molecule has 0 aliphatic carbocycles. The van der Waals surface area contributed by atoms with E-state index in [4.69, 9.17) is 0 Å². The molecule has 1 heterocycles. The number of carbonyl (C=O) groups excluding carboxylic acids is 1. The third-order valence-corrected chi connectivity index (χ3v) is 5.36. The number of imidazole rings is 1. The Morgan fingerprint density at radius 3 is 2.45 bits per heavy atom. The third kappa shape index (κ3) is 4.58. The SMILES string of the molecule is CSc1ccc(/C=C(/C(=O)NCc2ccccc2)c2nc3ccccc3[nH]2)cc1. The molecule has 4 aromatic rings. The monoisotopic (exact) mass is 399 g/mol. The lowest BCUT2D eigenvalue weighted by molar-refractivity contribution is -0.115. The van der Waals surface area contributed by atoms with Crippen molar-refractivity contribution < 1.29 is 4.79 Å². The molecule has 0 unspecified atom stereocenters. The van der Waals surface area contributed by atoms with E-state index in [2.05, 4.69) is 27.4 Å². The first-order valence-electron chi connectivity index (χ1n) is 9.36. The predicted octanol–water partition coefficient (Wildman–Crippen LogP) is 5.14. The molecule has 0 atom stereocenters. The highest BCUT2D eigenvalue weighted by atomic mass is 32.2. The fourth-order valence-corrected chi connectivity index (χ4v) is 3.47. The summed E-state index contributed by atoms with van der Waals surface area (Å²) >= 11 is 1.69. The lowest BCUT2D eigenvalue weighted by Crippen LogP contribution is -2.24. The molecular formula is C24H21N3OS. The van der Waals surface area contributed by atoms with Crippen molar-refractivity contribution in [3.05, 3.63) is 95.8 Å². The fourth-order valence-electron chi connectivity index (χ4n) is 3.06. The number of hydrogen-bond donors (Lipinski definition) is 2. The van der Waals surface area contributed by atoms with Crippen LogP contribution < -0.4 is 5.32 Å². The second-order valence-corrected chi connectivity index (χ2v) is 7.48. The maximum atomic E-state index is 13.1. The number of carbonyl (C=O) groups is 1. The van der Waals surface area contributed by atoms with Gasteiger partial charge in [-0.2, -0.15) is 0 Å². The number of aromatic nitrogens is 2. The summed E-state index contributed by atoms with van der Waals surface area (Å²) in [6.07, 6.45) is 3.92. The molecule has 0 fully saturated rings. The maximum Gasteiger partial charge on any atom is 0.255 e. The number of nitrogens with one attached hydrogen (secondary N) is 2. The number of H-pyrrole nitrogens is 1. The lowest BCUT2D eigenvalue weighted by atomic mass is 10.1. The summed E-state index contributed by atoms with van der Waals surface area (Å²) in [5.74, 6) is 0.396. The Morgan fingerprint density at radius 2 is 1.72 bits per heavy atom. The zero-order valence-corrected chi connectivity index (χ0v) is 16.9. The van der Waals surface area contributed by atoms with Crippen molar-refractivity contribution in [2.45, 2.75) is 11.4 Å². The summed E-state index contributed by atoms with van der Waals surface area (Å²) in [6, 6.07) is 25.8. The molecule has 1 amide bonds. The Balaban J connectivity index is 1.67. The standard InChI is InChI=1S/C24H21N3OS/c1-29-19-13-11-17(12-14-19)15-20(23-26-21-9-5-6-10-22(21)27-23)24(28)25-16-18-7-3-2-4-8-18/h2-15H,16H2,1H3,(H,25,28)(H,26,27)/b20-15+. The molecule has 29 heavy (non-hydrogen) atoms. The summed E-state index contributed by atoms with van der Waals surface area (Å²) in [5.41, 5.74) is 4.25. The van der Waals surface area contributed by atoms with Gasteiger partial charge in [0.25, 0.3) is 5.91 Å². The largest absolute Gasteiger partial charge is 0.348 e. The molecule has 0 aliphatic heterocycles. The van der Waals surface area contributed by atoms with Crippen LogP contribution in [0.25, 0.3) is 22.7 Å². The third-order valence-electron chi connectivity index (χ3n) is 4.61. The van der Waals surface area contributed by atoms with Gasteiger partial charge in [0.15, 0.2) is 0 Å².